The highest BCUT2D eigenvalue weighted by Crippen LogP contribution is 2.37. The molecule has 0 radical (unpaired) electrons. The monoisotopic (exact) mass is 704 g/mol. The van der Waals surface area contributed by atoms with E-state index >= 15 is 0 Å². The number of rotatable bonds is 28. The molecule has 11 nitrogen and oxygen atoms in total. The lowest BCUT2D eigenvalue weighted by Gasteiger charge is -2.19. The Morgan fingerprint density at radius 3 is 2.15 bits per heavy atom. The molecule has 280 valence electrons. The SMILES string of the molecule is CCCCC[C@H](O)/C=C/[C@@H]1[C@@H](C/C=C/CCCC(=O)O[C@H](COC(=O)CCCCCCCCCC(C)C)COP(=O)(O)O)[C@@H](O)C[C@H]1O. The smallest absolute Gasteiger partial charge is 0.462 e. The molecule has 1 rings (SSSR count). The first kappa shape index (κ1) is 44.4. The second-order valence-corrected chi connectivity index (χ2v) is 14.9. The van der Waals surface area contributed by atoms with Crippen LogP contribution in [0.4, 0.5) is 0 Å². The number of hydrogen-bond acceptors (Lipinski definition) is 9. The Labute approximate surface area is 288 Å². The van der Waals surface area contributed by atoms with Crippen LogP contribution in [-0.4, -0.2) is 74.7 Å². The van der Waals surface area contributed by atoms with E-state index in [1.165, 1.54) is 25.7 Å². The molecule has 6 atom stereocenters. The van der Waals surface area contributed by atoms with Gasteiger partial charge in [-0.05, 0) is 43.9 Å². The van der Waals surface area contributed by atoms with E-state index in [0.717, 1.165) is 44.4 Å². The van der Waals surface area contributed by atoms with Crippen LogP contribution in [0.5, 0.6) is 0 Å². The van der Waals surface area contributed by atoms with Gasteiger partial charge in [-0.25, -0.2) is 4.57 Å². The van der Waals surface area contributed by atoms with Crippen LogP contribution in [-0.2, 0) is 28.2 Å². The number of hydrogen-bond donors (Lipinski definition) is 5. The Morgan fingerprint density at radius 2 is 1.48 bits per heavy atom. The highest BCUT2D eigenvalue weighted by atomic mass is 31.2. The summed E-state index contributed by atoms with van der Waals surface area (Å²) in [6, 6.07) is 0. The second kappa shape index (κ2) is 26.3. The van der Waals surface area contributed by atoms with E-state index in [9.17, 15) is 29.5 Å². The van der Waals surface area contributed by atoms with Gasteiger partial charge in [-0.2, -0.15) is 0 Å². The molecule has 1 aliphatic rings. The lowest BCUT2D eigenvalue weighted by Crippen LogP contribution is -2.29. The van der Waals surface area contributed by atoms with Gasteiger partial charge >= 0.3 is 19.8 Å². The van der Waals surface area contributed by atoms with Gasteiger partial charge in [-0.3, -0.25) is 14.1 Å². The third kappa shape index (κ3) is 22.9. The molecule has 0 spiro atoms. The first-order valence-electron chi connectivity index (χ1n) is 18.2. The number of esters is 2. The number of aliphatic hydroxyl groups is 3. The molecule has 0 aromatic rings. The Bertz CT molecular complexity index is 964. The minimum absolute atomic E-state index is 0.0359. The van der Waals surface area contributed by atoms with Crippen LogP contribution in [0.15, 0.2) is 24.3 Å². The lowest BCUT2D eigenvalue weighted by molar-refractivity contribution is -0.161. The van der Waals surface area contributed by atoms with Gasteiger partial charge in [0, 0.05) is 25.2 Å². The maximum Gasteiger partial charge on any atom is 0.469 e. The zero-order valence-electron chi connectivity index (χ0n) is 29.6. The van der Waals surface area contributed by atoms with E-state index in [1.807, 2.05) is 18.2 Å². The van der Waals surface area contributed by atoms with Gasteiger partial charge in [0.1, 0.15) is 6.61 Å². The van der Waals surface area contributed by atoms with E-state index in [4.69, 9.17) is 19.3 Å². The van der Waals surface area contributed by atoms with E-state index < -0.39 is 50.8 Å². The fourth-order valence-electron chi connectivity index (χ4n) is 5.90. The predicted octanol–water partition coefficient (Wildman–Crippen LogP) is 6.69. The Balaban J connectivity index is 2.40. The summed E-state index contributed by atoms with van der Waals surface area (Å²) in [5.41, 5.74) is 0. The van der Waals surface area contributed by atoms with Crippen molar-refractivity contribution in [1.29, 1.82) is 0 Å². The summed E-state index contributed by atoms with van der Waals surface area (Å²) in [7, 11) is -4.81. The average Bonchev–Trinajstić information content (AvgIpc) is 3.28. The van der Waals surface area contributed by atoms with E-state index in [0.29, 0.717) is 32.1 Å². The molecular formula is C36H65O11P. The van der Waals surface area contributed by atoms with E-state index in [-0.39, 0.29) is 37.7 Å². The zero-order valence-corrected chi connectivity index (χ0v) is 30.5. The lowest BCUT2D eigenvalue weighted by atomic mass is 9.89. The minimum atomic E-state index is -4.81. The molecule has 1 saturated carbocycles. The van der Waals surface area contributed by atoms with Crippen LogP contribution >= 0.6 is 7.82 Å². The molecule has 0 heterocycles. The van der Waals surface area contributed by atoms with Gasteiger partial charge in [0.25, 0.3) is 0 Å². The molecule has 1 aliphatic carbocycles. The van der Waals surface area contributed by atoms with Crippen molar-refractivity contribution in [3.8, 4) is 0 Å². The van der Waals surface area contributed by atoms with Gasteiger partial charge in [-0.1, -0.05) is 109 Å². The number of phosphoric acid groups is 1. The quantitative estimate of drug-likeness (QED) is 0.0253. The van der Waals surface area contributed by atoms with Crippen molar-refractivity contribution in [3.05, 3.63) is 24.3 Å². The first-order valence-corrected chi connectivity index (χ1v) is 19.8. The van der Waals surface area contributed by atoms with Crippen molar-refractivity contribution < 1.29 is 53.3 Å². The normalized spacial score (nSPS) is 21.4. The number of unbranched alkanes of at least 4 members (excludes halogenated alkanes) is 9. The third-order valence-electron chi connectivity index (χ3n) is 8.72. The molecule has 5 N–H and O–H groups in total. The molecule has 1 fully saturated rings. The summed E-state index contributed by atoms with van der Waals surface area (Å²) in [6.45, 7) is 5.60. The van der Waals surface area contributed by atoms with Gasteiger partial charge < -0.3 is 34.6 Å². The molecular weight excluding hydrogens is 639 g/mol. The average molecular weight is 705 g/mol. The first-order chi connectivity index (χ1) is 22.8. The fraction of sp³-hybridized carbons (Fsp3) is 0.833. The van der Waals surface area contributed by atoms with Gasteiger partial charge in [-0.15, -0.1) is 0 Å². The maximum absolute atomic E-state index is 12.4. The number of allylic oxidation sites excluding steroid dienone is 2. The Morgan fingerprint density at radius 1 is 0.833 bits per heavy atom. The molecule has 0 saturated heterocycles. The molecule has 0 unspecified atom stereocenters. The van der Waals surface area contributed by atoms with Crippen molar-refractivity contribution in [2.24, 2.45) is 17.8 Å². The van der Waals surface area contributed by atoms with E-state index in [2.05, 4.69) is 25.3 Å². The zero-order chi connectivity index (χ0) is 35.8. The molecule has 0 bridgehead atoms. The number of carbonyl (C=O) groups excluding carboxylic acids is 2. The minimum Gasteiger partial charge on any atom is -0.462 e. The van der Waals surface area contributed by atoms with Crippen LogP contribution in [0.3, 0.4) is 0 Å². The van der Waals surface area contributed by atoms with Crippen LogP contribution in [0.1, 0.15) is 136 Å². The standard InChI is InChI=1S/C36H65O11P/c1-4-5-13-19-29(37)23-24-32-31(33(38)25-34(32)39)20-15-11-12-17-22-36(41)47-30(27-46-48(42,43)44)26-45-35(40)21-16-10-8-6-7-9-14-18-28(2)3/h11,15,23-24,28-34,37-39H,4-10,12-14,16-22,25-27H2,1-3H3,(H2,42,43,44)/b15-11+,24-23+/t29-,30+,31+,32+,33-,34+/m0/s1. The highest BCUT2D eigenvalue weighted by molar-refractivity contribution is 7.46. The fourth-order valence-corrected chi connectivity index (χ4v) is 6.26. The van der Waals surface area contributed by atoms with Crippen molar-refractivity contribution >= 4 is 19.8 Å². The van der Waals surface area contributed by atoms with Crippen LogP contribution in [0.25, 0.3) is 0 Å². The number of carbonyl (C=O) groups is 2. The summed E-state index contributed by atoms with van der Waals surface area (Å²) in [5.74, 6) is -0.765. The van der Waals surface area contributed by atoms with Gasteiger partial charge in [0.2, 0.25) is 0 Å². The topological polar surface area (TPSA) is 180 Å². The van der Waals surface area contributed by atoms with Crippen molar-refractivity contribution in [1.82, 2.24) is 0 Å². The molecule has 0 aliphatic heterocycles. The maximum atomic E-state index is 12.4. The van der Waals surface area contributed by atoms with Gasteiger partial charge in [0.15, 0.2) is 6.10 Å². The largest absolute Gasteiger partial charge is 0.469 e. The van der Waals surface area contributed by atoms with Crippen LogP contribution in [0.2, 0.25) is 0 Å². The second-order valence-electron chi connectivity index (χ2n) is 13.6. The van der Waals surface area contributed by atoms with Crippen molar-refractivity contribution in [2.45, 2.75) is 161 Å². The number of ether oxygens (including phenoxy) is 2. The predicted molar refractivity (Wildman–Crippen MR) is 186 cm³/mol. The number of aliphatic hydroxyl groups excluding tert-OH is 3. The summed E-state index contributed by atoms with van der Waals surface area (Å²) in [4.78, 5) is 42.8. The van der Waals surface area contributed by atoms with Crippen molar-refractivity contribution in [3.63, 3.8) is 0 Å². The van der Waals surface area contributed by atoms with Gasteiger partial charge in [0.05, 0.1) is 24.9 Å². The molecule has 0 aromatic carbocycles. The van der Waals surface area contributed by atoms with Crippen LogP contribution < -0.4 is 0 Å². The van der Waals surface area contributed by atoms with E-state index in [1.54, 1.807) is 6.08 Å². The summed E-state index contributed by atoms with van der Waals surface area (Å²) < 4.78 is 26.2. The Kier molecular flexibility index (Phi) is 24.3. The highest BCUT2D eigenvalue weighted by Gasteiger charge is 2.39. The molecule has 48 heavy (non-hydrogen) atoms. The van der Waals surface area contributed by atoms with Crippen molar-refractivity contribution in [2.75, 3.05) is 13.2 Å². The molecule has 0 amide bonds. The third-order valence-corrected chi connectivity index (χ3v) is 9.21. The van der Waals surface area contributed by atoms with Crippen LogP contribution in [0, 0.1) is 17.8 Å². The summed E-state index contributed by atoms with van der Waals surface area (Å²) >= 11 is 0. The number of phosphoric ester groups is 1. The Hall–Kier alpha value is -1.59. The summed E-state index contributed by atoms with van der Waals surface area (Å²) in [6.07, 6.45) is 18.8. The molecule has 12 heteroatoms. The molecule has 0 aromatic heterocycles. The summed E-state index contributed by atoms with van der Waals surface area (Å²) in [5, 5.41) is 31.1.